The normalized spacial score (nSPS) is 20.8. The molecular weight excluding hydrogens is 216 g/mol. The van der Waals surface area contributed by atoms with E-state index >= 15 is 0 Å². The summed E-state index contributed by atoms with van der Waals surface area (Å²) in [6, 6.07) is 1.15. The predicted octanol–water partition coefficient (Wildman–Crippen LogP) is 2.78. The zero-order chi connectivity index (χ0) is 11.0. The monoisotopic (exact) mass is 236 g/mol. The summed E-state index contributed by atoms with van der Waals surface area (Å²) in [4.78, 5) is 0. The Morgan fingerprint density at radius 2 is 2.29 bits per heavy atom. The van der Waals surface area contributed by atoms with Crippen LogP contribution in [0.3, 0.4) is 0 Å². The molecule has 0 saturated carbocycles. The first kappa shape index (κ1) is 14.0. The van der Waals surface area contributed by atoms with Crippen molar-refractivity contribution in [3.8, 4) is 0 Å². The lowest BCUT2D eigenvalue weighted by Gasteiger charge is -2.00. The Morgan fingerprint density at radius 3 is 2.43 bits per heavy atom. The molecule has 0 aromatic heterocycles. The number of hydrogen-bond donors (Lipinski definition) is 0. The third-order valence-corrected chi connectivity index (χ3v) is 3.25. The molecule has 4 heteroatoms. The van der Waals surface area contributed by atoms with Gasteiger partial charge in [0.1, 0.15) is 8.11 Å². The van der Waals surface area contributed by atoms with Crippen LogP contribution in [0.5, 0.6) is 0 Å². The number of epoxide rings is 1. The van der Waals surface area contributed by atoms with Crippen molar-refractivity contribution < 1.29 is 9.47 Å². The molecule has 1 rings (SSSR count). The second kappa shape index (κ2) is 8.33. The van der Waals surface area contributed by atoms with Crippen molar-refractivity contribution >= 4 is 19.2 Å². The van der Waals surface area contributed by atoms with E-state index in [1.54, 1.807) is 0 Å². The lowest BCUT2D eigenvalue weighted by atomic mass is 10.2. The van der Waals surface area contributed by atoms with Crippen LogP contribution in [0.15, 0.2) is 12.8 Å². The molecule has 84 valence electrons. The van der Waals surface area contributed by atoms with Crippen LogP contribution < -0.4 is 0 Å². The summed E-state index contributed by atoms with van der Waals surface area (Å²) in [5.74, 6) is 0.609. The van der Waals surface area contributed by atoms with Crippen molar-refractivity contribution in [3.05, 3.63) is 12.8 Å². The third-order valence-electron chi connectivity index (χ3n) is 1.54. The van der Waals surface area contributed by atoms with Crippen LogP contribution in [0, 0.1) is 5.92 Å². The van der Waals surface area contributed by atoms with E-state index in [9.17, 15) is 0 Å². The molecule has 0 bridgehead atoms. The molecule has 1 heterocycles. The lowest BCUT2D eigenvalue weighted by molar-refractivity contribution is 0.212. The summed E-state index contributed by atoms with van der Waals surface area (Å²) in [5.41, 5.74) is 0. The van der Waals surface area contributed by atoms with E-state index in [0.717, 1.165) is 19.3 Å². The first-order valence-corrected chi connectivity index (χ1v) is 8.76. The SMILES string of the molecule is C=COCC(C)C.C[SiH](Cl)CC1CO1. The maximum atomic E-state index is 5.77. The molecule has 2 unspecified atom stereocenters. The third kappa shape index (κ3) is 12.0. The van der Waals surface area contributed by atoms with Gasteiger partial charge in [-0.15, -0.1) is 0 Å². The van der Waals surface area contributed by atoms with Gasteiger partial charge in [0.15, 0.2) is 0 Å². The van der Waals surface area contributed by atoms with Gasteiger partial charge in [-0.05, 0) is 12.0 Å². The molecule has 0 aliphatic carbocycles. The van der Waals surface area contributed by atoms with E-state index in [1.165, 1.54) is 6.26 Å². The van der Waals surface area contributed by atoms with E-state index in [-0.39, 0.29) is 0 Å². The van der Waals surface area contributed by atoms with Gasteiger partial charge in [-0.25, -0.2) is 0 Å². The van der Waals surface area contributed by atoms with Crippen LogP contribution in [-0.4, -0.2) is 27.4 Å². The second-order valence-electron chi connectivity index (χ2n) is 3.87. The predicted molar refractivity (Wildman–Crippen MR) is 64.4 cm³/mol. The molecule has 0 aromatic rings. The molecule has 1 aliphatic rings. The second-order valence-corrected chi connectivity index (χ2v) is 8.13. The molecule has 0 aromatic carbocycles. The average Bonchev–Trinajstić information content (AvgIpc) is 2.84. The van der Waals surface area contributed by atoms with E-state index < -0.39 is 8.11 Å². The van der Waals surface area contributed by atoms with Crippen LogP contribution in [0.25, 0.3) is 0 Å². The number of hydrogen-bond acceptors (Lipinski definition) is 2. The Balaban J connectivity index is 0.000000241. The molecule has 0 spiro atoms. The highest BCUT2D eigenvalue weighted by atomic mass is 35.6. The lowest BCUT2D eigenvalue weighted by Crippen LogP contribution is -1.99. The first-order chi connectivity index (χ1) is 6.56. The van der Waals surface area contributed by atoms with Gasteiger partial charge in [0.05, 0.1) is 25.6 Å². The minimum atomic E-state index is -0.819. The number of ether oxygens (including phenoxy) is 2. The zero-order valence-electron chi connectivity index (χ0n) is 9.33. The van der Waals surface area contributed by atoms with Crippen molar-refractivity contribution in [3.63, 3.8) is 0 Å². The van der Waals surface area contributed by atoms with Gasteiger partial charge in [-0.1, -0.05) is 27.0 Å². The van der Waals surface area contributed by atoms with E-state index in [0.29, 0.717) is 12.0 Å². The van der Waals surface area contributed by atoms with Gasteiger partial charge in [0.25, 0.3) is 0 Å². The van der Waals surface area contributed by atoms with Crippen LogP contribution in [0.2, 0.25) is 12.6 Å². The molecule has 1 fully saturated rings. The average molecular weight is 237 g/mol. The molecule has 14 heavy (non-hydrogen) atoms. The topological polar surface area (TPSA) is 21.8 Å². The molecule has 1 saturated heterocycles. The highest BCUT2D eigenvalue weighted by Crippen LogP contribution is 2.17. The Labute approximate surface area is 93.5 Å². The van der Waals surface area contributed by atoms with Crippen molar-refractivity contribution in [1.29, 1.82) is 0 Å². The zero-order valence-corrected chi connectivity index (χ0v) is 11.2. The first-order valence-electron chi connectivity index (χ1n) is 5.04. The maximum absolute atomic E-state index is 5.77. The molecular formula is C10H21ClO2Si. The molecule has 0 N–H and O–H groups in total. The fraction of sp³-hybridized carbons (Fsp3) is 0.800. The van der Waals surface area contributed by atoms with Crippen molar-refractivity contribution in [1.82, 2.24) is 0 Å². The van der Waals surface area contributed by atoms with E-state index in [2.05, 4.69) is 27.0 Å². The van der Waals surface area contributed by atoms with Gasteiger partial charge in [0.2, 0.25) is 0 Å². The fourth-order valence-electron chi connectivity index (χ4n) is 0.827. The summed E-state index contributed by atoms with van der Waals surface area (Å²) in [6.45, 7) is 11.5. The summed E-state index contributed by atoms with van der Waals surface area (Å²) in [6.07, 6.45) is 2.03. The van der Waals surface area contributed by atoms with Gasteiger partial charge >= 0.3 is 0 Å². The quantitative estimate of drug-likeness (QED) is 0.317. The van der Waals surface area contributed by atoms with Crippen LogP contribution in [0.4, 0.5) is 0 Å². The Hall–Kier alpha value is 0.00688. The standard InChI is InChI=1S/C6H12O.C4H9ClOSi/c1-4-7-5-6(2)3;1-7(5)3-4-2-6-4/h4,6H,1,5H2,2-3H3;4,7H,2-3H2,1H3. The smallest absolute Gasteiger partial charge is 0.140 e. The highest BCUT2D eigenvalue weighted by molar-refractivity contribution is 7.06. The minimum absolute atomic E-state index is 0.555. The fourth-order valence-corrected chi connectivity index (χ4v) is 2.42. The Bertz CT molecular complexity index is 147. The molecule has 1 aliphatic heterocycles. The Morgan fingerprint density at radius 1 is 1.71 bits per heavy atom. The van der Waals surface area contributed by atoms with Crippen LogP contribution in [-0.2, 0) is 9.47 Å². The van der Waals surface area contributed by atoms with Crippen molar-refractivity contribution in [2.75, 3.05) is 13.2 Å². The minimum Gasteiger partial charge on any atom is -0.502 e. The molecule has 0 radical (unpaired) electrons. The summed E-state index contributed by atoms with van der Waals surface area (Å²) < 4.78 is 9.83. The number of halogens is 1. The van der Waals surface area contributed by atoms with E-state index in [4.69, 9.17) is 20.6 Å². The van der Waals surface area contributed by atoms with Gasteiger partial charge in [-0.2, -0.15) is 11.1 Å². The van der Waals surface area contributed by atoms with Gasteiger partial charge in [0, 0.05) is 0 Å². The maximum Gasteiger partial charge on any atom is 0.140 e. The van der Waals surface area contributed by atoms with Gasteiger partial charge < -0.3 is 9.47 Å². The van der Waals surface area contributed by atoms with Crippen LogP contribution >= 0.6 is 11.1 Å². The van der Waals surface area contributed by atoms with Crippen molar-refractivity contribution in [2.24, 2.45) is 5.92 Å². The molecule has 0 amide bonds. The van der Waals surface area contributed by atoms with E-state index in [1.807, 2.05) is 0 Å². The number of rotatable bonds is 5. The summed E-state index contributed by atoms with van der Waals surface area (Å²) in [7, 11) is -0.819. The molecule has 2 nitrogen and oxygen atoms in total. The Kier molecular flexibility index (Phi) is 8.33. The largest absolute Gasteiger partial charge is 0.502 e. The highest BCUT2D eigenvalue weighted by Gasteiger charge is 2.24. The molecule has 2 atom stereocenters. The summed E-state index contributed by atoms with van der Waals surface area (Å²) in [5, 5.41) is 0. The van der Waals surface area contributed by atoms with Crippen LogP contribution in [0.1, 0.15) is 13.8 Å². The van der Waals surface area contributed by atoms with Gasteiger partial charge in [-0.3, -0.25) is 0 Å². The van der Waals surface area contributed by atoms with Crippen molar-refractivity contribution in [2.45, 2.75) is 32.5 Å². The summed E-state index contributed by atoms with van der Waals surface area (Å²) >= 11 is 5.77.